The smallest absolute Gasteiger partial charge is 0.234 e. The average Bonchev–Trinajstić information content (AvgIpc) is 2.74. The average molecular weight is 477 g/mol. The van der Waals surface area contributed by atoms with Gasteiger partial charge in [0.05, 0.1) is 22.9 Å². The van der Waals surface area contributed by atoms with Crippen molar-refractivity contribution in [3.63, 3.8) is 0 Å². The third-order valence-electron chi connectivity index (χ3n) is 3.84. The number of nitrogens with one attached hydrogen (secondary N) is 2. The first-order chi connectivity index (χ1) is 14.5. The van der Waals surface area contributed by atoms with Gasteiger partial charge in [-0.1, -0.05) is 35.3 Å². The van der Waals surface area contributed by atoms with Gasteiger partial charge in [-0.3, -0.25) is 9.59 Å². The second-order valence-electron chi connectivity index (χ2n) is 6.13. The van der Waals surface area contributed by atoms with Crippen LogP contribution in [-0.4, -0.2) is 23.3 Å². The Morgan fingerprint density at radius 2 is 1.00 bits per heavy atom. The molecule has 0 aliphatic rings. The van der Waals surface area contributed by atoms with Crippen LogP contribution in [0.1, 0.15) is 0 Å². The van der Waals surface area contributed by atoms with Crippen molar-refractivity contribution in [3.8, 4) is 0 Å². The number of carbonyl (C=O) groups is 2. The van der Waals surface area contributed by atoms with Crippen molar-refractivity contribution in [1.29, 1.82) is 0 Å². The summed E-state index contributed by atoms with van der Waals surface area (Å²) in [5.41, 5.74) is 1.12. The summed E-state index contributed by atoms with van der Waals surface area (Å²) >= 11 is 14.6. The van der Waals surface area contributed by atoms with Gasteiger partial charge in [-0.25, -0.2) is 0 Å². The molecule has 0 saturated heterocycles. The SMILES string of the molecule is O=C(CSc1ccc(Cl)cc1)Nc1ccccc1NC(=O)CSc1ccc(Cl)cc1. The molecule has 0 aliphatic carbocycles. The van der Waals surface area contributed by atoms with E-state index in [0.29, 0.717) is 21.4 Å². The van der Waals surface area contributed by atoms with Gasteiger partial charge in [-0.2, -0.15) is 0 Å². The Balaban J connectivity index is 1.52. The normalized spacial score (nSPS) is 10.5. The fourth-order valence-corrected chi connectivity index (χ4v) is 4.08. The summed E-state index contributed by atoms with van der Waals surface area (Å²) in [5, 5.41) is 7.02. The van der Waals surface area contributed by atoms with Crippen molar-refractivity contribution in [2.75, 3.05) is 22.1 Å². The molecular weight excluding hydrogens is 459 g/mol. The first-order valence-corrected chi connectivity index (χ1v) is 11.7. The molecule has 8 heteroatoms. The summed E-state index contributed by atoms with van der Waals surface area (Å²) in [6, 6.07) is 21.7. The standard InChI is InChI=1S/C22H18Cl2N2O2S2/c23-15-5-9-17(10-6-15)29-13-21(27)25-19-3-1-2-4-20(19)26-22(28)14-30-18-11-7-16(24)8-12-18/h1-12H,13-14H2,(H,25,27)(H,26,28). The molecule has 154 valence electrons. The zero-order valence-electron chi connectivity index (χ0n) is 15.7. The summed E-state index contributed by atoms with van der Waals surface area (Å²) in [7, 11) is 0. The maximum absolute atomic E-state index is 12.3. The Morgan fingerprint density at radius 1 is 0.633 bits per heavy atom. The number of hydrogen-bond acceptors (Lipinski definition) is 4. The van der Waals surface area contributed by atoms with Crippen molar-refractivity contribution in [3.05, 3.63) is 82.8 Å². The predicted molar refractivity (Wildman–Crippen MR) is 128 cm³/mol. The Hall–Kier alpha value is -2.12. The van der Waals surface area contributed by atoms with Gasteiger partial charge in [0.15, 0.2) is 0 Å². The minimum atomic E-state index is -0.160. The van der Waals surface area contributed by atoms with Crippen molar-refractivity contribution in [2.24, 2.45) is 0 Å². The lowest BCUT2D eigenvalue weighted by molar-refractivity contribution is -0.114. The van der Waals surface area contributed by atoms with E-state index >= 15 is 0 Å². The van der Waals surface area contributed by atoms with Gasteiger partial charge < -0.3 is 10.6 Å². The third kappa shape index (κ3) is 7.29. The highest BCUT2D eigenvalue weighted by molar-refractivity contribution is 8.00. The molecule has 3 aromatic rings. The maximum atomic E-state index is 12.3. The summed E-state index contributed by atoms with van der Waals surface area (Å²) in [6.45, 7) is 0. The van der Waals surface area contributed by atoms with Crippen LogP contribution in [0, 0.1) is 0 Å². The van der Waals surface area contributed by atoms with Crippen molar-refractivity contribution < 1.29 is 9.59 Å². The van der Waals surface area contributed by atoms with E-state index < -0.39 is 0 Å². The first kappa shape index (κ1) is 22.6. The zero-order chi connectivity index (χ0) is 21.3. The lowest BCUT2D eigenvalue weighted by Gasteiger charge is -2.12. The molecule has 0 spiro atoms. The highest BCUT2D eigenvalue weighted by atomic mass is 35.5. The molecule has 0 aliphatic heterocycles. The van der Waals surface area contributed by atoms with Gasteiger partial charge in [0, 0.05) is 19.8 Å². The van der Waals surface area contributed by atoms with Crippen LogP contribution in [0.4, 0.5) is 11.4 Å². The van der Waals surface area contributed by atoms with E-state index in [1.54, 1.807) is 48.5 Å². The number of hydrogen-bond donors (Lipinski definition) is 2. The van der Waals surface area contributed by atoms with Crippen molar-refractivity contribution in [2.45, 2.75) is 9.79 Å². The Morgan fingerprint density at radius 3 is 1.37 bits per heavy atom. The first-order valence-electron chi connectivity index (χ1n) is 8.95. The van der Waals surface area contributed by atoms with Crippen LogP contribution in [-0.2, 0) is 9.59 Å². The van der Waals surface area contributed by atoms with E-state index in [0.717, 1.165) is 9.79 Å². The van der Waals surface area contributed by atoms with E-state index in [1.165, 1.54) is 23.5 Å². The molecule has 0 saturated carbocycles. The fourth-order valence-electron chi connectivity index (χ4n) is 2.43. The molecule has 2 amide bonds. The predicted octanol–water partition coefficient (Wildman–Crippen LogP) is 6.46. The topological polar surface area (TPSA) is 58.2 Å². The Kier molecular flexibility index (Phi) is 8.51. The summed E-state index contributed by atoms with van der Waals surface area (Å²) in [6.07, 6.45) is 0. The summed E-state index contributed by atoms with van der Waals surface area (Å²) in [4.78, 5) is 26.6. The van der Waals surface area contributed by atoms with E-state index in [4.69, 9.17) is 23.2 Å². The van der Waals surface area contributed by atoms with Crippen LogP contribution in [0.15, 0.2) is 82.6 Å². The minimum absolute atomic E-state index is 0.160. The number of halogens is 2. The quantitative estimate of drug-likeness (QED) is 0.366. The zero-order valence-corrected chi connectivity index (χ0v) is 18.9. The molecule has 0 aromatic heterocycles. The van der Waals surface area contributed by atoms with Gasteiger partial charge in [0.25, 0.3) is 0 Å². The summed E-state index contributed by atoms with van der Waals surface area (Å²) < 4.78 is 0. The third-order valence-corrected chi connectivity index (χ3v) is 6.37. The van der Waals surface area contributed by atoms with Gasteiger partial charge in [-0.05, 0) is 60.7 Å². The molecule has 0 atom stereocenters. The largest absolute Gasteiger partial charge is 0.324 e. The molecule has 0 heterocycles. The molecule has 0 fully saturated rings. The van der Waals surface area contributed by atoms with E-state index in [2.05, 4.69) is 10.6 Å². The van der Waals surface area contributed by atoms with E-state index in [1.807, 2.05) is 24.3 Å². The molecule has 4 nitrogen and oxygen atoms in total. The van der Waals surface area contributed by atoms with Crippen molar-refractivity contribution >= 4 is 69.9 Å². The number of benzene rings is 3. The van der Waals surface area contributed by atoms with Gasteiger partial charge in [-0.15, -0.1) is 23.5 Å². The van der Waals surface area contributed by atoms with Crippen LogP contribution in [0.25, 0.3) is 0 Å². The molecule has 0 unspecified atom stereocenters. The maximum Gasteiger partial charge on any atom is 0.234 e. The number of amides is 2. The number of thioether (sulfide) groups is 2. The molecule has 2 N–H and O–H groups in total. The van der Waals surface area contributed by atoms with Gasteiger partial charge in [0.2, 0.25) is 11.8 Å². The highest BCUT2D eigenvalue weighted by Crippen LogP contribution is 2.25. The van der Waals surface area contributed by atoms with Gasteiger partial charge >= 0.3 is 0 Å². The van der Waals surface area contributed by atoms with Crippen LogP contribution in [0.2, 0.25) is 10.0 Å². The van der Waals surface area contributed by atoms with E-state index in [9.17, 15) is 9.59 Å². The monoisotopic (exact) mass is 476 g/mol. The lowest BCUT2D eigenvalue weighted by atomic mass is 10.2. The second kappa shape index (κ2) is 11.3. The Labute approximate surface area is 193 Å². The van der Waals surface area contributed by atoms with E-state index in [-0.39, 0.29) is 23.3 Å². The molecule has 3 rings (SSSR count). The number of anilines is 2. The van der Waals surface area contributed by atoms with Crippen LogP contribution in [0.3, 0.4) is 0 Å². The molecule has 0 bridgehead atoms. The van der Waals surface area contributed by atoms with Crippen LogP contribution >= 0.6 is 46.7 Å². The highest BCUT2D eigenvalue weighted by Gasteiger charge is 2.10. The summed E-state index contributed by atoms with van der Waals surface area (Å²) in [5.74, 6) is 0.173. The second-order valence-corrected chi connectivity index (χ2v) is 9.10. The fraction of sp³-hybridized carbons (Fsp3) is 0.0909. The van der Waals surface area contributed by atoms with Crippen molar-refractivity contribution in [1.82, 2.24) is 0 Å². The number of carbonyl (C=O) groups excluding carboxylic acids is 2. The van der Waals surface area contributed by atoms with Gasteiger partial charge in [0.1, 0.15) is 0 Å². The molecule has 30 heavy (non-hydrogen) atoms. The Bertz CT molecular complexity index is 930. The minimum Gasteiger partial charge on any atom is -0.324 e. The lowest BCUT2D eigenvalue weighted by Crippen LogP contribution is -2.18. The van der Waals surface area contributed by atoms with Crippen LogP contribution < -0.4 is 10.6 Å². The molecule has 0 radical (unpaired) electrons. The van der Waals surface area contributed by atoms with Crippen LogP contribution in [0.5, 0.6) is 0 Å². The molecule has 3 aromatic carbocycles. The number of para-hydroxylation sites is 2. The number of rotatable bonds is 8. The molecular formula is C22H18Cl2N2O2S2.